The Bertz CT molecular complexity index is 670. The molecule has 0 bridgehead atoms. The lowest BCUT2D eigenvalue weighted by molar-refractivity contribution is -0.141. The van der Waals surface area contributed by atoms with Crippen molar-refractivity contribution in [2.75, 3.05) is 5.32 Å². The summed E-state index contributed by atoms with van der Waals surface area (Å²) < 4.78 is 38.5. The highest BCUT2D eigenvalue weighted by atomic mass is 35.5. The van der Waals surface area contributed by atoms with Gasteiger partial charge >= 0.3 is 6.18 Å². The van der Waals surface area contributed by atoms with Crippen LogP contribution in [0.3, 0.4) is 0 Å². The van der Waals surface area contributed by atoms with Crippen molar-refractivity contribution in [2.24, 2.45) is 0 Å². The van der Waals surface area contributed by atoms with Crippen LogP contribution in [0.5, 0.6) is 0 Å². The van der Waals surface area contributed by atoms with E-state index in [1.54, 1.807) is 0 Å². The predicted molar refractivity (Wildman–Crippen MR) is 67.6 cm³/mol. The number of aromatic nitrogens is 4. The molecule has 0 spiro atoms. The summed E-state index contributed by atoms with van der Waals surface area (Å²) in [4.78, 5) is 11.8. The molecule has 0 atom stereocenters. The van der Waals surface area contributed by atoms with E-state index in [0.29, 0.717) is 5.69 Å². The second-order valence-corrected chi connectivity index (χ2v) is 4.53. The molecule has 0 fully saturated rings. The van der Waals surface area contributed by atoms with Crippen molar-refractivity contribution in [1.82, 2.24) is 20.0 Å². The maximum absolute atomic E-state index is 12.5. The zero-order valence-corrected chi connectivity index (χ0v) is 11.4. The second-order valence-electron chi connectivity index (χ2n) is 4.14. The van der Waals surface area contributed by atoms with Gasteiger partial charge in [-0.15, -0.1) is 5.10 Å². The van der Waals surface area contributed by atoms with Crippen LogP contribution >= 0.6 is 11.6 Å². The molecule has 0 aliphatic carbocycles. The first kappa shape index (κ1) is 15.2. The molecule has 0 saturated carbocycles. The Balaban J connectivity index is 2.08. The number of nitrogens with zero attached hydrogens (tertiary/aromatic N) is 4. The van der Waals surface area contributed by atoms with Crippen LogP contribution in [-0.2, 0) is 17.5 Å². The summed E-state index contributed by atoms with van der Waals surface area (Å²) in [5.74, 6) is -0.556. The van der Waals surface area contributed by atoms with Gasteiger partial charge in [0.15, 0.2) is 10.8 Å². The molecule has 0 radical (unpaired) electrons. The van der Waals surface area contributed by atoms with Crippen LogP contribution in [0.15, 0.2) is 18.3 Å². The molecule has 0 aromatic carbocycles. The van der Waals surface area contributed by atoms with Crippen LogP contribution in [0.1, 0.15) is 11.4 Å². The number of amides is 1. The standard InChI is InChI=1S/C11H9ClF3N5O/c1-6-2-8(11(13,14)15)19-20(6)5-10(21)17-7-3-9(12)18-16-4-7/h2-4H,5H2,1H3,(H,17,18,21). The van der Waals surface area contributed by atoms with Gasteiger partial charge in [-0.2, -0.15) is 23.4 Å². The molecule has 2 heterocycles. The Morgan fingerprint density at radius 2 is 2.14 bits per heavy atom. The van der Waals surface area contributed by atoms with Gasteiger partial charge in [-0.25, -0.2) is 0 Å². The van der Waals surface area contributed by atoms with Gasteiger partial charge < -0.3 is 5.32 Å². The summed E-state index contributed by atoms with van der Waals surface area (Å²) in [6, 6.07) is 2.24. The molecule has 2 rings (SSSR count). The van der Waals surface area contributed by atoms with Crippen LogP contribution in [0.2, 0.25) is 5.15 Å². The van der Waals surface area contributed by atoms with Crippen LogP contribution in [-0.4, -0.2) is 25.9 Å². The van der Waals surface area contributed by atoms with Crippen LogP contribution < -0.4 is 5.32 Å². The Hall–Kier alpha value is -2.16. The minimum Gasteiger partial charge on any atom is -0.323 e. The van der Waals surface area contributed by atoms with Crippen LogP contribution in [0, 0.1) is 6.92 Å². The van der Waals surface area contributed by atoms with Gasteiger partial charge in [0.25, 0.3) is 0 Å². The molecule has 0 aliphatic rings. The van der Waals surface area contributed by atoms with Gasteiger partial charge in [0.2, 0.25) is 5.91 Å². The molecule has 2 aromatic heterocycles. The number of hydrogen-bond donors (Lipinski definition) is 1. The number of rotatable bonds is 3. The third kappa shape index (κ3) is 3.91. The molecule has 21 heavy (non-hydrogen) atoms. The van der Waals surface area contributed by atoms with Gasteiger partial charge in [-0.3, -0.25) is 9.48 Å². The molecular weight excluding hydrogens is 311 g/mol. The van der Waals surface area contributed by atoms with Gasteiger partial charge in [-0.05, 0) is 13.0 Å². The average Bonchev–Trinajstić information content (AvgIpc) is 2.70. The van der Waals surface area contributed by atoms with Gasteiger partial charge in [0.1, 0.15) is 6.54 Å². The lowest BCUT2D eigenvalue weighted by Crippen LogP contribution is -2.21. The van der Waals surface area contributed by atoms with E-state index in [-0.39, 0.29) is 17.4 Å². The van der Waals surface area contributed by atoms with E-state index >= 15 is 0 Å². The first-order valence-corrected chi connectivity index (χ1v) is 6.03. The summed E-state index contributed by atoms with van der Waals surface area (Å²) in [7, 11) is 0. The Labute approximate surface area is 121 Å². The van der Waals surface area contributed by atoms with E-state index in [1.807, 2.05) is 0 Å². The Kier molecular flexibility index (Phi) is 4.12. The summed E-state index contributed by atoms with van der Waals surface area (Å²) in [6.45, 7) is 1.07. The third-order valence-electron chi connectivity index (χ3n) is 2.47. The number of aryl methyl sites for hydroxylation is 1. The van der Waals surface area contributed by atoms with Crippen molar-refractivity contribution in [2.45, 2.75) is 19.6 Å². The SMILES string of the molecule is Cc1cc(C(F)(F)F)nn1CC(=O)Nc1cnnc(Cl)c1. The topological polar surface area (TPSA) is 72.7 Å². The maximum Gasteiger partial charge on any atom is 0.435 e. The number of carbonyl (C=O) groups is 1. The predicted octanol–water partition coefficient (Wildman–Crippen LogP) is 2.29. The van der Waals surface area contributed by atoms with Crippen molar-refractivity contribution in [3.63, 3.8) is 0 Å². The van der Waals surface area contributed by atoms with Crippen molar-refractivity contribution in [1.29, 1.82) is 0 Å². The summed E-state index contributed by atoms with van der Waals surface area (Å²) in [5.41, 5.74) is -0.523. The Morgan fingerprint density at radius 1 is 1.43 bits per heavy atom. The number of anilines is 1. The Morgan fingerprint density at radius 3 is 2.71 bits per heavy atom. The summed E-state index contributed by atoms with van der Waals surface area (Å²) in [6.07, 6.45) is -3.28. The number of hydrogen-bond acceptors (Lipinski definition) is 4. The highest BCUT2D eigenvalue weighted by Crippen LogP contribution is 2.28. The monoisotopic (exact) mass is 319 g/mol. The fourth-order valence-electron chi connectivity index (χ4n) is 1.55. The molecule has 1 N–H and O–H groups in total. The van der Waals surface area contributed by atoms with Gasteiger partial charge in [0.05, 0.1) is 11.9 Å². The number of halogens is 4. The minimum absolute atomic E-state index is 0.0856. The van der Waals surface area contributed by atoms with E-state index < -0.39 is 17.8 Å². The lowest BCUT2D eigenvalue weighted by atomic mass is 10.3. The van der Waals surface area contributed by atoms with E-state index in [0.717, 1.165) is 10.7 Å². The van der Waals surface area contributed by atoms with E-state index in [1.165, 1.54) is 19.2 Å². The molecule has 1 amide bonds. The molecule has 10 heteroatoms. The zero-order chi connectivity index (χ0) is 15.6. The largest absolute Gasteiger partial charge is 0.435 e. The molecule has 2 aromatic rings. The maximum atomic E-state index is 12.5. The highest BCUT2D eigenvalue weighted by Gasteiger charge is 2.34. The van der Waals surface area contributed by atoms with E-state index in [9.17, 15) is 18.0 Å². The van der Waals surface area contributed by atoms with Crippen molar-refractivity contribution >= 4 is 23.2 Å². The summed E-state index contributed by atoms with van der Waals surface area (Å²) in [5, 5.41) is 12.9. The van der Waals surface area contributed by atoms with E-state index in [2.05, 4.69) is 20.6 Å². The highest BCUT2D eigenvalue weighted by molar-refractivity contribution is 6.29. The first-order chi connectivity index (χ1) is 9.75. The fourth-order valence-corrected chi connectivity index (χ4v) is 1.72. The number of carbonyl (C=O) groups excluding carboxylic acids is 1. The summed E-state index contributed by atoms with van der Waals surface area (Å²) >= 11 is 5.60. The lowest BCUT2D eigenvalue weighted by Gasteiger charge is -2.06. The normalized spacial score (nSPS) is 11.5. The van der Waals surface area contributed by atoms with Crippen molar-refractivity contribution < 1.29 is 18.0 Å². The minimum atomic E-state index is -4.55. The number of alkyl halides is 3. The molecular formula is C11H9ClF3N5O. The molecule has 6 nitrogen and oxygen atoms in total. The van der Waals surface area contributed by atoms with Crippen LogP contribution in [0.4, 0.5) is 18.9 Å². The second kappa shape index (κ2) is 5.68. The molecule has 112 valence electrons. The van der Waals surface area contributed by atoms with Crippen molar-refractivity contribution in [3.8, 4) is 0 Å². The molecule has 0 saturated heterocycles. The number of nitrogens with one attached hydrogen (secondary N) is 1. The first-order valence-electron chi connectivity index (χ1n) is 5.65. The van der Waals surface area contributed by atoms with Crippen molar-refractivity contribution in [3.05, 3.63) is 34.9 Å². The molecule has 0 unspecified atom stereocenters. The smallest absolute Gasteiger partial charge is 0.323 e. The fraction of sp³-hybridized carbons (Fsp3) is 0.273. The van der Waals surface area contributed by atoms with Crippen LogP contribution in [0.25, 0.3) is 0 Å². The van der Waals surface area contributed by atoms with Gasteiger partial charge in [-0.1, -0.05) is 11.6 Å². The zero-order valence-electron chi connectivity index (χ0n) is 10.6. The van der Waals surface area contributed by atoms with Gasteiger partial charge in [0, 0.05) is 11.8 Å². The third-order valence-corrected chi connectivity index (χ3v) is 2.66. The molecule has 0 aliphatic heterocycles. The van der Waals surface area contributed by atoms with E-state index in [4.69, 9.17) is 11.6 Å². The quantitative estimate of drug-likeness (QED) is 0.942. The average molecular weight is 320 g/mol.